The van der Waals surface area contributed by atoms with Gasteiger partial charge in [-0.1, -0.05) is 13.0 Å². The van der Waals surface area contributed by atoms with E-state index in [4.69, 9.17) is 0 Å². The number of hydrogen-bond donors (Lipinski definition) is 1. The lowest BCUT2D eigenvalue weighted by Crippen LogP contribution is -2.33. The predicted octanol–water partition coefficient (Wildman–Crippen LogP) is 1.04. The summed E-state index contributed by atoms with van der Waals surface area (Å²) in [7, 11) is 0. The van der Waals surface area contributed by atoms with Gasteiger partial charge in [-0.3, -0.25) is 19.1 Å². The molecule has 0 saturated carbocycles. The van der Waals surface area contributed by atoms with Crippen molar-refractivity contribution in [2.24, 2.45) is 0 Å². The Labute approximate surface area is 107 Å². The number of thiophene rings is 1. The molecule has 94 valence electrons. The van der Waals surface area contributed by atoms with Crippen LogP contribution in [0, 0.1) is 0 Å². The summed E-state index contributed by atoms with van der Waals surface area (Å²) in [5.41, 5.74) is -0.446. The number of ketones is 1. The second-order valence-electron chi connectivity index (χ2n) is 3.80. The first-order valence-electron chi connectivity index (χ1n) is 5.51. The predicted molar refractivity (Wildman–Crippen MR) is 69.4 cm³/mol. The van der Waals surface area contributed by atoms with Crippen molar-refractivity contribution in [1.29, 1.82) is 0 Å². The normalized spacial score (nSPS) is 10.5. The van der Waals surface area contributed by atoms with Crippen molar-refractivity contribution in [3.8, 4) is 0 Å². The van der Waals surface area contributed by atoms with Crippen LogP contribution in [-0.4, -0.2) is 15.3 Å². The van der Waals surface area contributed by atoms with Crippen LogP contribution in [0.2, 0.25) is 0 Å². The molecule has 18 heavy (non-hydrogen) atoms. The summed E-state index contributed by atoms with van der Waals surface area (Å²) in [6.07, 6.45) is 1.97. The van der Waals surface area contributed by atoms with Crippen LogP contribution in [0.3, 0.4) is 0 Å². The summed E-state index contributed by atoms with van der Waals surface area (Å²) in [6.45, 7) is 1.77. The maximum absolute atomic E-state index is 11.9. The summed E-state index contributed by atoms with van der Waals surface area (Å²) in [4.78, 5) is 37.6. The first-order valence-corrected chi connectivity index (χ1v) is 6.39. The highest BCUT2D eigenvalue weighted by Crippen LogP contribution is 2.09. The van der Waals surface area contributed by atoms with Gasteiger partial charge >= 0.3 is 5.69 Å². The first-order chi connectivity index (χ1) is 8.61. The van der Waals surface area contributed by atoms with Gasteiger partial charge in [0.2, 0.25) is 0 Å². The fourth-order valence-electron chi connectivity index (χ4n) is 1.59. The molecule has 0 unspecified atom stereocenters. The third kappa shape index (κ3) is 2.48. The highest BCUT2D eigenvalue weighted by molar-refractivity contribution is 7.12. The molecular formula is C12H12N2O3S. The van der Waals surface area contributed by atoms with Gasteiger partial charge in [-0.15, -0.1) is 11.3 Å². The lowest BCUT2D eigenvalue weighted by Gasteiger charge is -2.04. The smallest absolute Gasteiger partial charge is 0.292 e. The van der Waals surface area contributed by atoms with Gasteiger partial charge in [-0.25, -0.2) is 4.79 Å². The fraction of sp³-hybridized carbons (Fsp3) is 0.250. The number of H-pyrrole nitrogens is 1. The van der Waals surface area contributed by atoms with Gasteiger partial charge in [-0.05, 0) is 17.9 Å². The van der Waals surface area contributed by atoms with Crippen LogP contribution >= 0.6 is 11.3 Å². The molecule has 0 radical (unpaired) electrons. The number of nitrogens with zero attached hydrogens (tertiary/aromatic N) is 1. The molecule has 0 fully saturated rings. The number of aromatic nitrogens is 2. The molecule has 2 rings (SSSR count). The zero-order valence-electron chi connectivity index (χ0n) is 9.80. The molecular weight excluding hydrogens is 252 g/mol. The van der Waals surface area contributed by atoms with Gasteiger partial charge < -0.3 is 0 Å². The van der Waals surface area contributed by atoms with E-state index >= 15 is 0 Å². The van der Waals surface area contributed by atoms with Crippen molar-refractivity contribution in [3.05, 3.63) is 55.0 Å². The van der Waals surface area contributed by atoms with E-state index in [9.17, 15) is 14.4 Å². The number of carbonyl (C=O) groups is 1. The van der Waals surface area contributed by atoms with E-state index in [1.807, 2.05) is 6.92 Å². The number of rotatable bonds is 4. The molecule has 0 atom stereocenters. The van der Waals surface area contributed by atoms with Gasteiger partial charge in [-0.2, -0.15) is 0 Å². The molecule has 6 heteroatoms. The van der Waals surface area contributed by atoms with Crippen LogP contribution in [0.5, 0.6) is 0 Å². The fourth-order valence-corrected chi connectivity index (χ4v) is 2.25. The zero-order valence-corrected chi connectivity index (χ0v) is 10.6. The topological polar surface area (TPSA) is 71.9 Å². The minimum Gasteiger partial charge on any atom is -0.292 e. The lowest BCUT2D eigenvalue weighted by molar-refractivity contribution is 0.0974. The number of nitrogens with one attached hydrogen (secondary N) is 1. The van der Waals surface area contributed by atoms with E-state index in [0.29, 0.717) is 16.9 Å². The van der Waals surface area contributed by atoms with Crippen molar-refractivity contribution >= 4 is 17.1 Å². The second kappa shape index (κ2) is 5.14. The summed E-state index contributed by atoms with van der Waals surface area (Å²) in [6, 6.07) is 3.50. The average Bonchev–Trinajstić information content (AvgIpc) is 2.86. The van der Waals surface area contributed by atoms with Crippen molar-refractivity contribution < 1.29 is 4.79 Å². The minimum absolute atomic E-state index is 0.0525. The maximum atomic E-state index is 11.9. The van der Waals surface area contributed by atoms with E-state index in [1.54, 1.807) is 17.5 Å². The number of hydrogen-bond acceptors (Lipinski definition) is 4. The van der Waals surface area contributed by atoms with Gasteiger partial charge in [0.15, 0.2) is 5.78 Å². The Morgan fingerprint density at radius 2 is 2.22 bits per heavy atom. The molecule has 2 aromatic heterocycles. The lowest BCUT2D eigenvalue weighted by atomic mass is 10.2. The average molecular weight is 264 g/mol. The van der Waals surface area contributed by atoms with E-state index < -0.39 is 5.69 Å². The van der Waals surface area contributed by atoms with Crippen molar-refractivity contribution in [1.82, 2.24) is 9.55 Å². The van der Waals surface area contributed by atoms with Crippen LogP contribution in [0.25, 0.3) is 0 Å². The molecule has 5 nitrogen and oxygen atoms in total. The molecule has 0 saturated heterocycles. The summed E-state index contributed by atoms with van der Waals surface area (Å²) in [5.74, 6) is -0.138. The van der Waals surface area contributed by atoms with E-state index in [-0.39, 0.29) is 17.9 Å². The molecule has 1 N–H and O–H groups in total. The van der Waals surface area contributed by atoms with Crippen LogP contribution < -0.4 is 11.2 Å². The number of carbonyl (C=O) groups excluding carboxylic acids is 1. The van der Waals surface area contributed by atoms with E-state index in [2.05, 4.69) is 4.98 Å². The molecule has 0 aliphatic rings. The Morgan fingerprint density at radius 1 is 1.44 bits per heavy atom. The number of aromatic amines is 1. The summed E-state index contributed by atoms with van der Waals surface area (Å²) in [5, 5.41) is 1.81. The summed E-state index contributed by atoms with van der Waals surface area (Å²) < 4.78 is 1.24. The summed E-state index contributed by atoms with van der Waals surface area (Å²) >= 11 is 1.33. The maximum Gasteiger partial charge on any atom is 0.328 e. The Bertz CT molecular complexity index is 667. The molecule has 0 aliphatic carbocycles. The number of aryl methyl sites for hydroxylation is 1. The molecule has 0 spiro atoms. The molecule has 2 heterocycles. The zero-order chi connectivity index (χ0) is 13.1. The molecule has 0 aromatic carbocycles. The van der Waals surface area contributed by atoms with Gasteiger partial charge in [0.05, 0.1) is 11.4 Å². The monoisotopic (exact) mass is 264 g/mol. The van der Waals surface area contributed by atoms with Crippen molar-refractivity contribution in [3.63, 3.8) is 0 Å². The number of Topliss-reactive ketones (excluding diaryl/α,β-unsaturated/α-hetero) is 1. The second-order valence-corrected chi connectivity index (χ2v) is 4.74. The van der Waals surface area contributed by atoms with Crippen LogP contribution in [0.15, 0.2) is 33.3 Å². The highest BCUT2D eigenvalue weighted by Gasteiger charge is 2.10. The van der Waals surface area contributed by atoms with E-state index in [0.717, 1.165) is 0 Å². The Balaban J connectivity index is 2.32. The Morgan fingerprint density at radius 3 is 2.83 bits per heavy atom. The third-order valence-electron chi connectivity index (χ3n) is 2.58. The van der Waals surface area contributed by atoms with Gasteiger partial charge in [0.25, 0.3) is 5.56 Å². The standard InChI is InChI=1S/C12H12N2O3S/c1-2-8-6-14(12(17)13-11(8)16)7-9(15)10-4-3-5-18-10/h3-6H,2,7H2,1H3,(H,13,16,17). The molecule has 0 bridgehead atoms. The SMILES string of the molecule is CCc1cn(CC(=O)c2cccs2)c(=O)[nH]c1=O. The van der Waals surface area contributed by atoms with E-state index in [1.165, 1.54) is 22.1 Å². The minimum atomic E-state index is -0.554. The quantitative estimate of drug-likeness (QED) is 0.839. The molecule has 0 aliphatic heterocycles. The third-order valence-corrected chi connectivity index (χ3v) is 3.49. The molecule has 2 aromatic rings. The van der Waals surface area contributed by atoms with Crippen LogP contribution in [0.4, 0.5) is 0 Å². The van der Waals surface area contributed by atoms with Crippen molar-refractivity contribution in [2.45, 2.75) is 19.9 Å². The first kappa shape index (κ1) is 12.5. The van der Waals surface area contributed by atoms with Crippen molar-refractivity contribution in [2.75, 3.05) is 0 Å². The van der Waals surface area contributed by atoms with Crippen LogP contribution in [0.1, 0.15) is 22.2 Å². The Hall–Kier alpha value is -1.95. The highest BCUT2D eigenvalue weighted by atomic mass is 32.1. The molecule has 0 amide bonds. The van der Waals surface area contributed by atoms with Gasteiger partial charge in [0.1, 0.15) is 0 Å². The Kier molecular flexibility index (Phi) is 3.57. The largest absolute Gasteiger partial charge is 0.328 e. The van der Waals surface area contributed by atoms with Crippen LogP contribution in [-0.2, 0) is 13.0 Å². The van der Waals surface area contributed by atoms with Gasteiger partial charge in [0, 0.05) is 11.8 Å².